The maximum Gasteiger partial charge on any atom is 0.300 e. The fourth-order valence-electron chi connectivity index (χ4n) is 4.07. The predicted molar refractivity (Wildman–Crippen MR) is 115 cm³/mol. The molecule has 1 saturated heterocycles. The van der Waals surface area contributed by atoms with Crippen LogP contribution in [0.4, 0.5) is 10.1 Å². The topological polar surface area (TPSA) is 76.1 Å². The van der Waals surface area contributed by atoms with Gasteiger partial charge in [0.2, 0.25) is 6.79 Å². The van der Waals surface area contributed by atoms with Gasteiger partial charge in [-0.3, -0.25) is 14.5 Å². The van der Waals surface area contributed by atoms with Crippen molar-refractivity contribution in [1.82, 2.24) is 0 Å². The van der Waals surface area contributed by atoms with Crippen molar-refractivity contribution < 1.29 is 28.6 Å². The highest BCUT2D eigenvalue weighted by atomic mass is 19.1. The number of carbonyl (C=O) groups excluding carboxylic acids is 2. The van der Waals surface area contributed by atoms with E-state index < -0.39 is 23.5 Å². The Kier molecular flexibility index (Phi) is 4.66. The van der Waals surface area contributed by atoms with Crippen LogP contribution in [0, 0.1) is 12.7 Å². The molecule has 1 unspecified atom stereocenters. The third-order valence-electron chi connectivity index (χ3n) is 5.65. The summed E-state index contributed by atoms with van der Waals surface area (Å²) in [6.45, 7) is 1.89. The summed E-state index contributed by atoms with van der Waals surface area (Å²) in [7, 11) is 0. The van der Waals surface area contributed by atoms with Gasteiger partial charge >= 0.3 is 0 Å². The number of fused-ring (bicyclic) bond motifs is 1. The lowest BCUT2D eigenvalue weighted by atomic mass is 9.94. The second-order valence-electron chi connectivity index (χ2n) is 7.58. The summed E-state index contributed by atoms with van der Waals surface area (Å²) in [6.07, 6.45) is 0. The molecule has 2 aliphatic heterocycles. The Bertz CT molecular complexity index is 1280. The molecule has 0 radical (unpaired) electrons. The van der Waals surface area contributed by atoms with Crippen LogP contribution in [0.3, 0.4) is 0 Å². The minimum absolute atomic E-state index is 0.0623. The van der Waals surface area contributed by atoms with E-state index in [4.69, 9.17) is 9.47 Å². The Morgan fingerprint density at radius 1 is 1.00 bits per heavy atom. The lowest BCUT2D eigenvalue weighted by Crippen LogP contribution is -2.30. The van der Waals surface area contributed by atoms with Gasteiger partial charge < -0.3 is 14.6 Å². The number of ketones is 1. The summed E-state index contributed by atoms with van der Waals surface area (Å²) in [6, 6.07) is 16.5. The van der Waals surface area contributed by atoms with Crippen LogP contribution in [-0.4, -0.2) is 23.6 Å². The number of hydrogen-bond acceptors (Lipinski definition) is 5. The summed E-state index contributed by atoms with van der Waals surface area (Å²) in [4.78, 5) is 27.7. The zero-order valence-electron chi connectivity index (χ0n) is 17.0. The van der Waals surface area contributed by atoms with Gasteiger partial charge in [-0.25, -0.2) is 4.39 Å². The molecule has 1 amide bonds. The number of carbonyl (C=O) groups is 2. The van der Waals surface area contributed by atoms with Gasteiger partial charge in [0.15, 0.2) is 11.5 Å². The molecule has 5 rings (SSSR count). The molecule has 2 aliphatic rings. The van der Waals surface area contributed by atoms with E-state index >= 15 is 0 Å². The van der Waals surface area contributed by atoms with Crippen molar-refractivity contribution in [3.63, 3.8) is 0 Å². The normalized spacial score (nSPS) is 18.9. The predicted octanol–water partition coefficient (Wildman–Crippen LogP) is 4.49. The van der Waals surface area contributed by atoms with Crippen molar-refractivity contribution >= 4 is 23.1 Å². The molecule has 1 fully saturated rings. The van der Waals surface area contributed by atoms with Gasteiger partial charge in [-0.15, -0.1) is 0 Å². The molecule has 1 N–H and O–H groups in total. The molecule has 7 heteroatoms. The van der Waals surface area contributed by atoms with Crippen molar-refractivity contribution in [3.8, 4) is 11.5 Å². The number of nitrogens with zero attached hydrogens (tertiary/aromatic N) is 1. The highest BCUT2D eigenvalue weighted by Gasteiger charge is 2.47. The summed E-state index contributed by atoms with van der Waals surface area (Å²) < 4.78 is 24.3. The summed E-state index contributed by atoms with van der Waals surface area (Å²) >= 11 is 0. The van der Waals surface area contributed by atoms with E-state index in [9.17, 15) is 19.1 Å². The van der Waals surface area contributed by atoms with Gasteiger partial charge in [0.05, 0.1) is 11.6 Å². The largest absolute Gasteiger partial charge is 0.507 e. The van der Waals surface area contributed by atoms with E-state index in [2.05, 4.69) is 0 Å². The standard InChI is InChI=1S/C25H18FNO5/c1-14-4-2-3-5-18(14)27-22(15-6-9-17(26)10-7-15)21(24(29)25(27)30)23(28)16-8-11-19-20(12-16)32-13-31-19/h2-12,22,28H,13H2,1H3/b23-21-. The molecule has 0 aromatic heterocycles. The molecule has 3 aromatic rings. The highest BCUT2D eigenvalue weighted by Crippen LogP contribution is 2.44. The number of ether oxygens (including phenoxy) is 2. The second kappa shape index (κ2) is 7.53. The average Bonchev–Trinajstić information content (AvgIpc) is 3.37. The number of rotatable bonds is 3. The van der Waals surface area contributed by atoms with Crippen LogP contribution in [-0.2, 0) is 9.59 Å². The third-order valence-corrected chi connectivity index (χ3v) is 5.65. The van der Waals surface area contributed by atoms with Gasteiger partial charge in [0, 0.05) is 11.3 Å². The summed E-state index contributed by atoms with van der Waals surface area (Å²) in [5, 5.41) is 11.2. The van der Waals surface area contributed by atoms with Crippen molar-refractivity contribution in [2.45, 2.75) is 13.0 Å². The number of aliphatic hydroxyl groups is 1. The minimum atomic E-state index is -0.929. The molecule has 6 nitrogen and oxygen atoms in total. The van der Waals surface area contributed by atoms with Gasteiger partial charge in [-0.1, -0.05) is 30.3 Å². The fraction of sp³-hybridized carbons (Fsp3) is 0.120. The molecule has 1 atom stereocenters. The Morgan fingerprint density at radius 2 is 1.72 bits per heavy atom. The molecule has 0 aliphatic carbocycles. The molecule has 160 valence electrons. The number of halogens is 1. The average molecular weight is 431 g/mol. The van der Waals surface area contributed by atoms with Crippen LogP contribution in [0.25, 0.3) is 5.76 Å². The summed E-state index contributed by atoms with van der Waals surface area (Å²) in [5.41, 5.74) is 2.04. The third kappa shape index (κ3) is 3.10. The van der Waals surface area contributed by atoms with Crippen molar-refractivity contribution in [2.75, 3.05) is 11.7 Å². The van der Waals surface area contributed by atoms with Crippen molar-refractivity contribution in [3.05, 3.63) is 94.8 Å². The Hall–Kier alpha value is -4.13. The highest BCUT2D eigenvalue weighted by molar-refractivity contribution is 6.51. The smallest absolute Gasteiger partial charge is 0.300 e. The fourth-order valence-corrected chi connectivity index (χ4v) is 4.07. The van der Waals surface area contributed by atoms with E-state index in [0.717, 1.165) is 5.56 Å². The molecule has 0 spiro atoms. The Balaban J connectivity index is 1.72. The number of amides is 1. The second-order valence-corrected chi connectivity index (χ2v) is 7.58. The Labute approximate surface area is 183 Å². The van der Waals surface area contributed by atoms with E-state index in [0.29, 0.717) is 28.3 Å². The SMILES string of the molecule is Cc1ccccc1N1C(=O)C(=O)/C(=C(\O)c2ccc3c(c2)OCO3)C1c1ccc(F)cc1. The maximum absolute atomic E-state index is 13.6. The number of para-hydroxylation sites is 1. The molecule has 0 bridgehead atoms. The molecule has 0 saturated carbocycles. The van der Waals surface area contributed by atoms with Gasteiger partial charge in [-0.05, 0) is 54.4 Å². The zero-order chi connectivity index (χ0) is 22.4. The number of hydrogen-bond donors (Lipinski definition) is 1. The first-order valence-corrected chi connectivity index (χ1v) is 9.98. The van der Waals surface area contributed by atoms with E-state index in [1.807, 2.05) is 19.1 Å². The van der Waals surface area contributed by atoms with Crippen LogP contribution in [0.1, 0.15) is 22.7 Å². The maximum atomic E-state index is 13.6. The monoisotopic (exact) mass is 431 g/mol. The van der Waals surface area contributed by atoms with Crippen LogP contribution >= 0.6 is 0 Å². The lowest BCUT2D eigenvalue weighted by molar-refractivity contribution is -0.132. The molecule has 3 aromatic carbocycles. The van der Waals surface area contributed by atoms with Crippen LogP contribution < -0.4 is 14.4 Å². The molecule has 32 heavy (non-hydrogen) atoms. The molecule has 2 heterocycles. The van der Waals surface area contributed by atoms with Gasteiger partial charge in [0.1, 0.15) is 11.6 Å². The number of benzene rings is 3. The Morgan fingerprint density at radius 3 is 2.47 bits per heavy atom. The number of aliphatic hydroxyl groups excluding tert-OH is 1. The van der Waals surface area contributed by atoms with Crippen LogP contribution in [0.2, 0.25) is 0 Å². The van der Waals surface area contributed by atoms with Crippen LogP contribution in [0.15, 0.2) is 72.3 Å². The zero-order valence-corrected chi connectivity index (χ0v) is 17.0. The van der Waals surface area contributed by atoms with Crippen LogP contribution in [0.5, 0.6) is 11.5 Å². The quantitative estimate of drug-likeness (QED) is 0.376. The molecular weight excluding hydrogens is 413 g/mol. The van der Waals surface area contributed by atoms with E-state index in [-0.39, 0.29) is 18.1 Å². The van der Waals surface area contributed by atoms with E-state index in [1.54, 1.807) is 30.3 Å². The minimum Gasteiger partial charge on any atom is -0.507 e. The van der Waals surface area contributed by atoms with Crippen molar-refractivity contribution in [1.29, 1.82) is 0 Å². The first kappa shape index (κ1) is 19.8. The lowest BCUT2D eigenvalue weighted by Gasteiger charge is -2.26. The van der Waals surface area contributed by atoms with Crippen molar-refractivity contribution in [2.24, 2.45) is 0 Å². The first-order valence-electron chi connectivity index (χ1n) is 9.98. The molecular formula is C25H18FNO5. The van der Waals surface area contributed by atoms with Gasteiger partial charge in [0.25, 0.3) is 11.7 Å². The van der Waals surface area contributed by atoms with Gasteiger partial charge in [-0.2, -0.15) is 0 Å². The first-order chi connectivity index (χ1) is 15.5. The van der Waals surface area contributed by atoms with E-state index in [1.165, 1.54) is 29.2 Å². The number of Topliss-reactive ketones (excluding diaryl/α,β-unsaturated/α-hetero) is 1. The number of aryl methyl sites for hydroxylation is 1. The number of anilines is 1. The summed E-state index contributed by atoms with van der Waals surface area (Å²) in [5.74, 6) is -1.42.